The van der Waals surface area contributed by atoms with Gasteiger partial charge >= 0.3 is 0 Å². The fraction of sp³-hybridized carbons (Fsp3) is 0.350. The molecule has 0 atom stereocenters. The summed E-state index contributed by atoms with van der Waals surface area (Å²) in [7, 11) is 1.64. The molecular weight excluding hydrogens is 300 g/mol. The third-order valence-electron chi connectivity index (χ3n) is 3.79. The molecule has 0 unspecified atom stereocenters. The highest BCUT2D eigenvalue weighted by atomic mass is 16.5. The molecule has 0 saturated carbocycles. The standard InChI is InChI=1S/C20H26N2O2/c1-3-4-12-24-19-11-6-5-9-18(19)15-22-14-16-8-7-10-17(13-16)20(23)21-2/h5-11,13,22H,3-4,12,14-15H2,1-2H3,(H,21,23). The number of unbranched alkanes of at least 4 members (excludes halogenated alkanes) is 1. The second-order valence-corrected chi connectivity index (χ2v) is 5.69. The minimum atomic E-state index is -0.0634. The van der Waals surface area contributed by atoms with Gasteiger partial charge in [0.2, 0.25) is 0 Å². The highest BCUT2D eigenvalue weighted by Crippen LogP contribution is 2.18. The second kappa shape index (κ2) is 9.73. The van der Waals surface area contributed by atoms with Gasteiger partial charge in [0.15, 0.2) is 0 Å². The van der Waals surface area contributed by atoms with Crippen LogP contribution in [-0.4, -0.2) is 19.6 Å². The summed E-state index contributed by atoms with van der Waals surface area (Å²) >= 11 is 0. The van der Waals surface area contributed by atoms with Crippen molar-refractivity contribution in [2.45, 2.75) is 32.9 Å². The Labute approximate surface area is 144 Å². The molecule has 0 fully saturated rings. The SMILES string of the molecule is CCCCOc1ccccc1CNCc1cccc(C(=O)NC)c1. The molecule has 24 heavy (non-hydrogen) atoms. The lowest BCUT2D eigenvalue weighted by atomic mass is 10.1. The third-order valence-corrected chi connectivity index (χ3v) is 3.79. The number of rotatable bonds is 9. The lowest BCUT2D eigenvalue weighted by Gasteiger charge is -2.12. The molecule has 0 bridgehead atoms. The molecule has 0 saturated heterocycles. The lowest BCUT2D eigenvalue weighted by Crippen LogP contribution is -2.18. The van der Waals surface area contributed by atoms with Crippen LogP contribution in [0.1, 0.15) is 41.3 Å². The highest BCUT2D eigenvalue weighted by Gasteiger charge is 2.05. The molecule has 128 valence electrons. The first-order chi connectivity index (χ1) is 11.7. The predicted octanol–water partition coefficient (Wildman–Crippen LogP) is 3.51. The normalized spacial score (nSPS) is 10.4. The largest absolute Gasteiger partial charge is 0.493 e. The number of carbonyl (C=O) groups is 1. The number of nitrogens with one attached hydrogen (secondary N) is 2. The first-order valence-corrected chi connectivity index (χ1v) is 8.47. The van der Waals surface area contributed by atoms with Gasteiger partial charge in [-0.1, -0.05) is 43.7 Å². The Kier molecular flexibility index (Phi) is 7.30. The van der Waals surface area contributed by atoms with E-state index in [4.69, 9.17) is 4.74 Å². The van der Waals surface area contributed by atoms with Crippen LogP contribution >= 0.6 is 0 Å². The van der Waals surface area contributed by atoms with Crippen molar-refractivity contribution < 1.29 is 9.53 Å². The van der Waals surface area contributed by atoms with Crippen molar-refractivity contribution in [1.82, 2.24) is 10.6 Å². The van der Waals surface area contributed by atoms with Gasteiger partial charge in [-0.2, -0.15) is 0 Å². The van der Waals surface area contributed by atoms with Crippen molar-refractivity contribution in [2.24, 2.45) is 0 Å². The van der Waals surface area contributed by atoms with Crippen molar-refractivity contribution in [3.8, 4) is 5.75 Å². The van der Waals surface area contributed by atoms with Crippen LogP contribution in [0.2, 0.25) is 0 Å². The first-order valence-electron chi connectivity index (χ1n) is 8.47. The number of para-hydroxylation sites is 1. The third kappa shape index (κ3) is 5.39. The number of hydrogen-bond donors (Lipinski definition) is 2. The van der Waals surface area contributed by atoms with Crippen LogP contribution in [0.25, 0.3) is 0 Å². The molecule has 0 heterocycles. The van der Waals surface area contributed by atoms with Gasteiger partial charge in [0, 0.05) is 31.3 Å². The summed E-state index contributed by atoms with van der Waals surface area (Å²) in [5.74, 6) is 0.879. The van der Waals surface area contributed by atoms with Gasteiger partial charge in [0.25, 0.3) is 5.91 Å². The zero-order chi connectivity index (χ0) is 17.2. The smallest absolute Gasteiger partial charge is 0.251 e. The fourth-order valence-electron chi connectivity index (χ4n) is 2.43. The molecule has 0 aliphatic rings. The molecule has 2 rings (SSSR count). The van der Waals surface area contributed by atoms with Crippen molar-refractivity contribution in [3.05, 3.63) is 65.2 Å². The van der Waals surface area contributed by atoms with Gasteiger partial charge in [-0.3, -0.25) is 4.79 Å². The minimum Gasteiger partial charge on any atom is -0.493 e. The van der Waals surface area contributed by atoms with Crippen LogP contribution in [0.4, 0.5) is 0 Å². The maximum atomic E-state index is 11.7. The van der Waals surface area contributed by atoms with E-state index < -0.39 is 0 Å². The van der Waals surface area contributed by atoms with Crippen LogP contribution in [0.15, 0.2) is 48.5 Å². The first kappa shape index (κ1) is 18.0. The Morgan fingerprint density at radius 1 is 1.08 bits per heavy atom. The summed E-state index contributed by atoms with van der Waals surface area (Å²) in [5.41, 5.74) is 2.91. The van der Waals surface area contributed by atoms with Gasteiger partial charge < -0.3 is 15.4 Å². The summed E-state index contributed by atoms with van der Waals surface area (Å²) in [6.07, 6.45) is 2.19. The average molecular weight is 326 g/mol. The van der Waals surface area contributed by atoms with E-state index in [1.165, 1.54) is 0 Å². The number of ether oxygens (including phenoxy) is 1. The topological polar surface area (TPSA) is 50.4 Å². The van der Waals surface area contributed by atoms with E-state index >= 15 is 0 Å². The Bertz CT molecular complexity index is 656. The Morgan fingerprint density at radius 3 is 2.71 bits per heavy atom. The van der Waals surface area contributed by atoms with E-state index in [0.717, 1.165) is 42.9 Å². The number of carbonyl (C=O) groups excluding carboxylic acids is 1. The second-order valence-electron chi connectivity index (χ2n) is 5.69. The van der Waals surface area contributed by atoms with Crippen molar-refractivity contribution >= 4 is 5.91 Å². The minimum absolute atomic E-state index is 0.0634. The maximum Gasteiger partial charge on any atom is 0.251 e. The molecule has 0 radical (unpaired) electrons. The van der Waals surface area contributed by atoms with Gasteiger partial charge in [-0.05, 0) is 30.2 Å². The van der Waals surface area contributed by atoms with Gasteiger partial charge in [-0.15, -0.1) is 0 Å². The van der Waals surface area contributed by atoms with E-state index in [2.05, 4.69) is 23.6 Å². The molecule has 4 nitrogen and oxygen atoms in total. The molecule has 4 heteroatoms. The van der Waals surface area contributed by atoms with Crippen LogP contribution in [0.5, 0.6) is 5.75 Å². The van der Waals surface area contributed by atoms with Gasteiger partial charge in [0.05, 0.1) is 6.61 Å². The number of hydrogen-bond acceptors (Lipinski definition) is 3. The molecule has 0 aliphatic heterocycles. The van der Waals surface area contributed by atoms with Crippen molar-refractivity contribution in [2.75, 3.05) is 13.7 Å². The van der Waals surface area contributed by atoms with Gasteiger partial charge in [0.1, 0.15) is 5.75 Å². The average Bonchev–Trinajstić information content (AvgIpc) is 2.63. The van der Waals surface area contributed by atoms with Crippen LogP contribution in [0, 0.1) is 0 Å². The molecule has 2 N–H and O–H groups in total. The zero-order valence-corrected chi connectivity index (χ0v) is 14.5. The molecule has 2 aromatic carbocycles. The molecular formula is C20H26N2O2. The summed E-state index contributed by atoms with van der Waals surface area (Å²) in [6.45, 7) is 4.34. The molecule has 0 aliphatic carbocycles. The Hall–Kier alpha value is -2.33. The van der Waals surface area contributed by atoms with E-state index in [1.807, 2.05) is 42.5 Å². The molecule has 1 amide bonds. The van der Waals surface area contributed by atoms with Gasteiger partial charge in [-0.25, -0.2) is 0 Å². The fourth-order valence-corrected chi connectivity index (χ4v) is 2.43. The lowest BCUT2D eigenvalue weighted by molar-refractivity contribution is 0.0963. The summed E-state index contributed by atoms with van der Waals surface area (Å²) in [5, 5.41) is 6.07. The van der Waals surface area contributed by atoms with Crippen molar-refractivity contribution in [1.29, 1.82) is 0 Å². The van der Waals surface area contributed by atoms with E-state index in [9.17, 15) is 4.79 Å². The van der Waals surface area contributed by atoms with Crippen LogP contribution < -0.4 is 15.4 Å². The summed E-state index contributed by atoms with van der Waals surface area (Å²) in [6, 6.07) is 15.8. The van der Waals surface area contributed by atoms with Crippen LogP contribution in [-0.2, 0) is 13.1 Å². The zero-order valence-electron chi connectivity index (χ0n) is 14.5. The predicted molar refractivity (Wildman–Crippen MR) is 97.2 cm³/mol. The number of benzene rings is 2. The quantitative estimate of drug-likeness (QED) is 0.693. The number of amides is 1. The van der Waals surface area contributed by atoms with E-state index in [1.54, 1.807) is 7.05 Å². The summed E-state index contributed by atoms with van der Waals surface area (Å²) < 4.78 is 5.85. The van der Waals surface area contributed by atoms with E-state index in [0.29, 0.717) is 12.1 Å². The highest BCUT2D eigenvalue weighted by molar-refractivity contribution is 5.94. The maximum absolute atomic E-state index is 11.7. The van der Waals surface area contributed by atoms with E-state index in [-0.39, 0.29) is 5.91 Å². The summed E-state index contributed by atoms with van der Waals surface area (Å²) in [4.78, 5) is 11.7. The molecule has 2 aromatic rings. The molecule has 0 spiro atoms. The Morgan fingerprint density at radius 2 is 1.92 bits per heavy atom. The van der Waals surface area contributed by atoms with Crippen LogP contribution in [0.3, 0.4) is 0 Å². The van der Waals surface area contributed by atoms with Crippen molar-refractivity contribution in [3.63, 3.8) is 0 Å². The monoisotopic (exact) mass is 326 g/mol. The molecule has 0 aromatic heterocycles. The Balaban J connectivity index is 1.91.